The van der Waals surface area contributed by atoms with Gasteiger partial charge in [0.25, 0.3) is 5.91 Å². The summed E-state index contributed by atoms with van der Waals surface area (Å²) in [5.74, 6) is -2.18. The van der Waals surface area contributed by atoms with Gasteiger partial charge in [-0.1, -0.05) is 66.7 Å². The Bertz CT molecular complexity index is 1790. The van der Waals surface area contributed by atoms with Crippen LogP contribution in [0.3, 0.4) is 0 Å². The molecule has 0 saturated carbocycles. The number of esters is 1. The fraction of sp³-hybridized carbons (Fsp3) is 0.263. The van der Waals surface area contributed by atoms with Gasteiger partial charge < -0.3 is 25.4 Å². The minimum atomic E-state index is -4.49. The van der Waals surface area contributed by atoms with Crippen LogP contribution < -0.4 is 20.7 Å². The lowest BCUT2D eigenvalue weighted by Crippen LogP contribution is -2.57. The molecule has 0 fully saturated rings. The number of ether oxygens (including phenoxy) is 2. The molecule has 9 nitrogen and oxygen atoms in total. The van der Waals surface area contributed by atoms with E-state index in [9.17, 15) is 32.3 Å². The van der Waals surface area contributed by atoms with E-state index in [2.05, 4.69) is 16.0 Å². The minimum absolute atomic E-state index is 0.225. The Morgan fingerprint density at radius 1 is 0.720 bits per heavy atom. The fourth-order valence-corrected chi connectivity index (χ4v) is 5.35. The van der Waals surface area contributed by atoms with E-state index < -0.39 is 47.5 Å². The van der Waals surface area contributed by atoms with Crippen molar-refractivity contribution in [1.82, 2.24) is 10.6 Å². The number of alkyl halides is 3. The number of hydrogen-bond donors (Lipinski definition) is 3. The first kappa shape index (κ1) is 37.2. The number of amides is 3. The van der Waals surface area contributed by atoms with Gasteiger partial charge in [0.05, 0.1) is 24.3 Å². The normalized spacial score (nSPS) is 11.3. The highest BCUT2D eigenvalue weighted by molar-refractivity contribution is 6.11. The van der Waals surface area contributed by atoms with Gasteiger partial charge in [0.1, 0.15) is 12.4 Å². The lowest BCUT2D eigenvalue weighted by Gasteiger charge is -2.31. The summed E-state index contributed by atoms with van der Waals surface area (Å²) in [5, 5.41) is 8.18. The van der Waals surface area contributed by atoms with E-state index >= 15 is 0 Å². The molecule has 0 radical (unpaired) electrons. The molecule has 0 aliphatic carbocycles. The molecule has 0 spiro atoms. The van der Waals surface area contributed by atoms with Crippen molar-refractivity contribution in [3.8, 4) is 16.9 Å². The predicted octanol–water partition coefficient (Wildman–Crippen LogP) is 6.32. The second-order valence-electron chi connectivity index (χ2n) is 11.2. The SMILES string of the molecule is CCNC(=O)C(COC(=O)Cc1ccc(NC(=O)c2ccccc2-c2ccc(C(F)(F)F)cc2)c(OCC)c1)(C(=O)NCC)c1ccccc1. The number of halogens is 3. The molecule has 3 amide bonds. The molecular weight excluding hydrogens is 651 g/mol. The Labute approximate surface area is 288 Å². The summed E-state index contributed by atoms with van der Waals surface area (Å²) in [7, 11) is 0. The summed E-state index contributed by atoms with van der Waals surface area (Å²) in [5.41, 5.74) is -0.403. The van der Waals surface area contributed by atoms with E-state index in [0.29, 0.717) is 27.9 Å². The van der Waals surface area contributed by atoms with E-state index in [1.165, 1.54) is 12.1 Å². The van der Waals surface area contributed by atoms with Crippen LogP contribution >= 0.6 is 0 Å². The van der Waals surface area contributed by atoms with Gasteiger partial charge in [-0.15, -0.1) is 0 Å². The van der Waals surface area contributed by atoms with Crippen molar-refractivity contribution in [2.24, 2.45) is 0 Å². The largest absolute Gasteiger partial charge is 0.492 e. The maximum atomic E-state index is 13.5. The molecule has 3 N–H and O–H groups in total. The molecule has 12 heteroatoms. The van der Waals surface area contributed by atoms with Gasteiger partial charge in [0, 0.05) is 18.7 Å². The van der Waals surface area contributed by atoms with E-state index in [-0.39, 0.29) is 37.4 Å². The van der Waals surface area contributed by atoms with Gasteiger partial charge in [-0.3, -0.25) is 19.2 Å². The van der Waals surface area contributed by atoms with Crippen LogP contribution in [0.5, 0.6) is 5.75 Å². The molecular formula is C38H38F3N3O6. The number of benzene rings is 4. The molecule has 0 heterocycles. The zero-order chi connectivity index (χ0) is 36.3. The Balaban J connectivity index is 1.54. The van der Waals surface area contributed by atoms with E-state index in [0.717, 1.165) is 12.1 Å². The first-order valence-corrected chi connectivity index (χ1v) is 16.1. The number of carbonyl (C=O) groups excluding carboxylic acids is 4. The highest BCUT2D eigenvalue weighted by Crippen LogP contribution is 2.33. The van der Waals surface area contributed by atoms with Crippen molar-refractivity contribution in [2.75, 3.05) is 31.6 Å². The number of carbonyl (C=O) groups is 4. The van der Waals surface area contributed by atoms with Crippen molar-refractivity contribution in [1.29, 1.82) is 0 Å². The average molecular weight is 690 g/mol. The number of nitrogens with one attached hydrogen (secondary N) is 3. The molecule has 0 aromatic heterocycles. The van der Waals surface area contributed by atoms with Crippen molar-refractivity contribution in [3.63, 3.8) is 0 Å². The second kappa shape index (κ2) is 16.6. The lowest BCUT2D eigenvalue weighted by molar-refractivity contribution is -0.150. The lowest BCUT2D eigenvalue weighted by atomic mass is 9.79. The van der Waals surface area contributed by atoms with Crippen molar-refractivity contribution < 1.29 is 41.8 Å². The second-order valence-corrected chi connectivity index (χ2v) is 11.2. The summed E-state index contributed by atoms with van der Waals surface area (Å²) >= 11 is 0. The minimum Gasteiger partial charge on any atom is -0.492 e. The third-order valence-corrected chi connectivity index (χ3v) is 7.80. The van der Waals surface area contributed by atoms with E-state index in [1.807, 2.05) is 0 Å². The van der Waals surface area contributed by atoms with Crippen LogP contribution in [-0.4, -0.2) is 50.0 Å². The van der Waals surface area contributed by atoms with Crippen LogP contribution in [-0.2, 0) is 37.1 Å². The topological polar surface area (TPSA) is 123 Å². The number of anilines is 1. The van der Waals surface area contributed by atoms with Crippen LogP contribution in [0.2, 0.25) is 0 Å². The van der Waals surface area contributed by atoms with Crippen LogP contribution in [0.1, 0.15) is 47.8 Å². The molecule has 0 saturated heterocycles. The monoisotopic (exact) mass is 689 g/mol. The molecule has 4 rings (SSSR count). The quantitative estimate of drug-likeness (QED) is 0.105. The van der Waals surface area contributed by atoms with Crippen molar-refractivity contribution in [3.05, 3.63) is 119 Å². The fourth-order valence-electron chi connectivity index (χ4n) is 5.35. The molecule has 0 bridgehead atoms. The molecule has 4 aromatic carbocycles. The van der Waals surface area contributed by atoms with Crippen molar-refractivity contribution in [2.45, 2.75) is 38.8 Å². The zero-order valence-corrected chi connectivity index (χ0v) is 27.9. The molecule has 0 atom stereocenters. The summed E-state index contributed by atoms with van der Waals surface area (Å²) in [4.78, 5) is 53.4. The van der Waals surface area contributed by atoms with Gasteiger partial charge in [0.2, 0.25) is 11.8 Å². The third-order valence-electron chi connectivity index (χ3n) is 7.80. The van der Waals surface area contributed by atoms with Gasteiger partial charge >= 0.3 is 12.1 Å². The molecule has 0 aliphatic heterocycles. The average Bonchev–Trinajstić information content (AvgIpc) is 3.10. The molecule has 4 aromatic rings. The van der Waals surface area contributed by atoms with Crippen LogP contribution in [0.4, 0.5) is 18.9 Å². The summed E-state index contributed by atoms with van der Waals surface area (Å²) in [6.45, 7) is 5.39. The molecule has 262 valence electrons. The smallest absolute Gasteiger partial charge is 0.416 e. The molecule has 50 heavy (non-hydrogen) atoms. The maximum absolute atomic E-state index is 13.5. The van der Waals surface area contributed by atoms with Crippen LogP contribution in [0.25, 0.3) is 11.1 Å². The highest BCUT2D eigenvalue weighted by Gasteiger charge is 2.48. The van der Waals surface area contributed by atoms with Gasteiger partial charge in [-0.05, 0) is 73.4 Å². The first-order valence-electron chi connectivity index (χ1n) is 16.1. The van der Waals surface area contributed by atoms with E-state index in [4.69, 9.17) is 9.47 Å². The number of likely N-dealkylation sites (N-methyl/N-ethyl adjacent to an activating group) is 2. The summed E-state index contributed by atoms with van der Waals surface area (Å²) in [6.07, 6.45) is -4.72. The molecule has 0 aliphatic rings. The Morgan fingerprint density at radius 2 is 1.34 bits per heavy atom. The Kier molecular flexibility index (Phi) is 12.4. The zero-order valence-electron chi connectivity index (χ0n) is 27.9. The Hall–Kier alpha value is -5.65. The van der Waals surface area contributed by atoms with Crippen molar-refractivity contribution >= 4 is 29.4 Å². The predicted molar refractivity (Wildman–Crippen MR) is 183 cm³/mol. The standard InChI is InChI=1S/C38H38F3N3O6/c1-4-42-35(47)37(36(48)43-5-2,27-12-8-7-9-13-27)24-50-33(45)23-25-16-21-31(32(22-25)49-6-3)44-34(46)30-15-11-10-14-29(30)26-17-19-28(20-18-26)38(39,40)41/h7-22H,4-6,23-24H2,1-3H3,(H,42,47)(H,43,48)(H,44,46). The summed E-state index contributed by atoms with van der Waals surface area (Å²) < 4.78 is 50.7. The van der Waals surface area contributed by atoms with Crippen LogP contribution in [0, 0.1) is 0 Å². The van der Waals surface area contributed by atoms with Gasteiger partial charge in [-0.2, -0.15) is 13.2 Å². The van der Waals surface area contributed by atoms with Gasteiger partial charge in [0.15, 0.2) is 5.41 Å². The summed E-state index contributed by atoms with van der Waals surface area (Å²) in [6, 6.07) is 24.2. The Morgan fingerprint density at radius 3 is 1.94 bits per heavy atom. The first-order chi connectivity index (χ1) is 23.9. The van der Waals surface area contributed by atoms with E-state index in [1.54, 1.807) is 93.6 Å². The maximum Gasteiger partial charge on any atom is 0.416 e. The van der Waals surface area contributed by atoms with Crippen LogP contribution in [0.15, 0.2) is 97.1 Å². The highest BCUT2D eigenvalue weighted by atomic mass is 19.4. The number of rotatable bonds is 14. The third kappa shape index (κ3) is 8.68. The number of hydrogen-bond acceptors (Lipinski definition) is 6. The molecule has 0 unspecified atom stereocenters. The van der Waals surface area contributed by atoms with Gasteiger partial charge in [-0.25, -0.2) is 0 Å².